The molecule has 172 valence electrons. The summed E-state index contributed by atoms with van der Waals surface area (Å²) in [6.45, 7) is 2.62. The topological polar surface area (TPSA) is 58.6 Å². The van der Waals surface area contributed by atoms with Crippen molar-refractivity contribution in [3.63, 3.8) is 0 Å². The number of benzene rings is 3. The van der Waals surface area contributed by atoms with Gasteiger partial charge in [0, 0.05) is 19.5 Å². The van der Waals surface area contributed by atoms with Gasteiger partial charge in [-0.05, 0) is 29.7 Å². The molecular weight excluding hydrogens is 436 g/mol. The zero-order valence-corrected chi connectivity index (χ0v) is 19.5. The fraction of sp³-hybridized carbons (Fsp3) is 0.259. The molecule has 5 nitrogen and oxygen atoms in total. The average Bonchev–Trinajstić information content (AvgIpc) is 2.85. The molecule has 1 atom stereocenters. The normalized spacial score (nSPS) is 11.5. The first-order valence-electron chi connectivity index (χ1n) is 11.1. The highest BCUT2D eigenvalue weighted by atomic mass is 35.5. The fourth-order valence-corrected chi connectivity index (χ4v) is 3.67. The van der Waals surface area contributed by atoms with Gasteiger partial charge in [0.05, 0.1) is 5.02 Å². The van der Waals surface area contributed by atoms with Gasteiger partial charge in [-0.2, -0.15) is 0 Å². The van der Waals surface area contributed by atoms with E-state index in [9.17, 15) is 9.59 Å². The molecule has 0 heterocycles. The molecule has 33 heavy (non-hydrogen) atoms. The summed E-state index contributed by atoms with van der Waals surface area (Å²) in [4.78, 5) is 28.2. The van der Waals surface area contributed by atoms with Crippen LogP contribution >= 0.6 is 11.6 Å². The van der Waals surface area contributed by atoms with Crippen molar-refractivity contribution in [3.05, 3.63) is 101 Å². The number of carbonyl (C=O) groups is 2. The lowest BCUT2D eigenvalue weighted by molar-refractivity contribution is -0.142. The number of para-hydroxylation sites is 1. The molecule has 3 rings (SSSR count). The van der Waals surface area contributed by atoms with Crippen LogP contribution in [0, 0.1) is 0 Å². The van der Waals surface area contributed by atoms with Crippen molar-refractivity contribution < 1.29 is 14.3 Å². The van der Waals surface area contributed by atoms with Crippen molar-refractivity contribution in [1.82, 2.24) is 10.2 Å². The van der Waals surface area contributed by atoms with Gasteiger partial charge in [0.1, 0.15) is 11.8 Å². The number of nitrogens with zero attached hydrogens (tertiary/aromatic N) is 1. The SMILES string of the molecule is CCCNC(=O)[C@@H](Cc1ccccc1)N(Cc1ccccc1)C(=O)COc1ccccc1Cl. The average molecular weight is 465 g/mol. The van der Waals surface area contributed by atoms with E-state index < -0.39 is 6.04 Å². The van der Waals surface area contributed by atoms with Gasteiger partial charge in [-0.1, -0.05) is 91.3 Å². The number of hydrogen-bond donors (Lipinski definition) is 1. The first-order chi connectivity index (χ1) is 16.1. The van der Waals surface area contributed by atoms with Crippen molar-refractivity contribution in [2.75, 3.05) is 13.2 Å². The Kier molecular flexibility index (Phi) is 9.33. The molecule has 1 N–H and O–H groups in total. The second kappa shape index (κ2) is 12.7. The van der Waals surface area contributed by atoms with Crippen molar-refractivity contribution in [2.24, 2.45) is 0 Å². The summed E-state index contributed by atoms with van der Waals surface area (Å²) in [5.41, 5.74) is 1.91. The summed E-state index contributed by atoms with van der Waals surface area (Å²) in [5.74, 6) is -0.0312. The van der Waals surface area contributed by atoms with Crippen LogP contribution in [0.3, 0.4) is 0 Å². The maximum Gasteiger partial charge on any atom is 0.261 e. The molecule has 0 aromatic heterocycles. The van der Waals surface area contributed by atoms with Crippen LogP contribution in [-0.4, -0.2) is 35.9 Å². The van der Waals surface area contributed by atoms with E-state index >= 15 is 0 Å². The number of rotatable bonds is 11. The van der Waals surface area contributed by atoms with E-state index in [2.05, 4.69) is 5.32 Å². The number of halogens is 1. The smallest absolute Gasteiger partial charge is 0.261 e. The van der Waals surface area contributed by atoms with Crippen molar-refractivity contribution >= 4 is 23.4 Å². The second-order valence-electron chi connectivity index (χ2n) is 7.72. The monoisotopic (exact) mass is 464 g/mol. The molecule has 0 saturated heterocycles. The molecule has 0 aliphatic carbocycles. The third-order valence-electron chi connectivity index (χ3n) is 5.20. The molecule has 0 bridgehead atoms. The lowest BCUT2D eigenvalue weighted by Gasteiger charge is -2.31. The number of amides is 2. The fourth-order valence-electron chi connectivity index (χ4n) is 3.48. The van der Waals surface area contributed by atoms with Crippen LogP contribution in [0.25, 0.3) is 0 Å². The molecule has 0 unspecified atom stereocenters. The van der Waals surface area contributed by atoms with Crippen molar-refractivity contribution in [3.8, 4) is 5.75 Å². The largest absolute Gasteiger partial charge is 0.482 e. The molecular formula is C27H29ClN2O3. The van der Waals surface area contributed by atoms with Crippen molar-refractivity contribution in [2.45, 2.75) is 32.4 Å². The van der Waals surface area contributed by atoms with Gasteiger partial charge in [0.25, 0.3) is 5.91 Å². The summed E-state index contributed by atoms with van der Waals surface area (Å²) < 4.78 is 5.72. The van der Waals surface area contributed by atoms with E-state index in [0.29, 0.717) is 30.3 Å². The van der Waals surface area contributed by atoms with E-state index in [4.69, 9.17) is 16.3 Å². The Morgan fingerprint density at radius 3 is 2.15 bits per heavy atom. The quantitative estimate of drug-likeness (QED) is 0.439. The van der Waals surface area contributed by atoms with Crippen LogP contribution in [0.2, 0.25) is 5.02 Å². The number of ether oxygens (including phenoxy) is 1. The number of hydrogen-bond acceptors (Lipinski definition) is 3. The second-order valence-corrected chi connectivity index (χ2v) is 8.13. The predicted molar refractivity (Wildman–Crippen MR) is 131 cm³/mol. The summed E-state index contributed by atoms with van der Waals surface area (Å²) in [5, 5.41) is 3.39. The van der Waals surface area contributed by atoms with Gasteiger partial charge in [0.15, 0.2) is 6.61 Å². The standard InChI is InChI=1S/C27H29ClN2O3/c1-2-17-29-27(32)24(18-21-11-5-3-6-12-21)30(19-22-13-7-4-8-14-22)26(31)20-33-25-16-10-9-15-23(25)28/h3-16,24H,2,17-20H2,1H3,(H,29,32)/t24-/m1/s1. The van der Waals surface area contributed by atoms with E-state index in [-0.39, 0.29) is 18.4 Å². The lowest BCUT2D eigenvalue weighted by Crippen LogP contribution is -2.51. The Morgan fingerprint density at radius 1 is 0.909 bits per heavy atom. The zero-order valence-electron chi connectivity index (χ0n) is 18.7. The van der Waals surface area contributed by atoms with Gasteiger partial charge in [-0.3, -0.25) is 9.59 Å². The summed E-state index contributed by atoms with van der Waals surface area (Å²) in [6, 6.07) is 25.7. The van der Waals surface area contributed by atoms with E-state index in [1.165, 1.54) is 0 Å². The number of nitrogens with one attached hydrogen (secondary N) is 1. The third-order valence-corrected chi connectivity index (χ3v) is 5.52. The minimum absolute atomic E-state index is 0.178. The van der Waals surface area contributed by atoms with Gasteiger partial charge in [0.2, 0.25) is 5.91 Å². The summed E-state index contributed by atoms with van der Waals surface area (Å²) in [6.07, 6.45) is 1.22. The van der Waals surface area contributed by atoms with E-state index in [1.807, 2.05) is 67.6 Å². The van der Waals surface area contributed by atoms with Crippen LogP contribution < -0.4 is 10.1 Å². The van der Waals surface area contributed by atoms with Gasteiger partial charge in [-0.15, -0.1) is 0 Å². The maximum atomic E-state index is 13.4. The van der Waals surface area contributed by atoms with Crippen LogP contribution in [0.1, 0.15) is 24.5 Å². The van der Waals surface area contributed by atoms with Crippen LogP contribution in [0.5, 0.6) is 5.75 Å². The highest BCUT2D eigenvalue weighted by Gasteiger charge is 2.30. The summed E-state index contributed by atoms with van der Waals surface area (Å²) >= 11 is 6.18. The molecule has 0 aliphatic rings. The van der Waals surface area contributed by atoms with Crippen LogP contribution in [0.4, 0.5) is 0 Å². The molecule has 3 aromatic rings. The molecule has 0 spiro atoms. The highest BCUT2D eigenvalue weighted by molar-refractivity contribution is 6.32. The van der Waals surface area contributed by atoms with Gasteiger partial charge < -0.3 is 15.0 Å². The van der Waals surface area contributed by atoms with E-state index in [1.54, 1.807) is 29.2 Å². The zero-order chi connectivity index (χ0) is 23.5. The van der Waals surface area contributed by atoms with Crippen LogP contribution in [-0.2, 0) is 22.6 Å². The first kappa shape index (κ1) is 24.3. The minimum atomic E-state index is -0.679. The lowest BCUT2D eigenvalue weighted by atomic mass is 10.0. The number of carbonyl (C=O) groups excluding carboxylic acids is 2. The minimum Gasteiger partial charge on any atom is -0.482 e. The predicted octanol–water partition coefficient (Wildman–Crippen LogP) is 4.89. The molecule has 2 amide bonds. The Balaban J connectivity index is 1.87. The Bertz CT molecular complexity index is 1030. The molecule has 3 aromatic carbocycles. The Morgan fingerprint density at radius 2 is 1.52 bits per heavy atom. The van der Waals surface area contributed by atoms with Gasteiger partial charge in [-0.25, -0.2) is 0 Å². The highest BCUT2D eigenvalue weighted by Crippen LogP contribution is 2.23. The molecule has 0 aliphatic heterocycles. The molecule has 0 saturated carbocycles. The Labute approximate surface area is 200 Å². The van der Waals surface area contributed by atoms with Gasteiger partial charge >= 0.3 is 0 Å². The van der Waals surface area contributed by atoms with E-state index in [0.717, 1.165) is 17.5 Å². The first-order valence-corrected chi connectivity index (χ1v) is 11.5. The molecule has 0 fully saturated rings. The Hall–Kier alpha value is -3.31. The van der Waals surface area contributed by atoms with Crippen molar-refractivity contribution in [1.29, 1.82) is 0 Å². The molecule has 0 radical (unpaired) electrons. The van der Waals surface area contributed by atoms with Crippen LogP contribution in [0.15, 0.2) is 84.9 Å². The molecule has 6 heteroatoms. The maximum absolute atomic E-state index is 13.4. The third kappa shape index (κ3) is 7.36. The summed E-state index contributed by atoms with van der Waals surface area (Å²) in [7, 11) is 0.